The Morgan fingerprint density at radius 1 is 1.06 bits per heavy atom. The largest absolute Gasteiger partial charge is 0.354 e. The van der Waals surface area contributed by atoms with Crippen LogP contribution in [0.5, 0.6) is 0 Å². The molecule has 0 saturated heterocycles. The van der Waals surface area contributed by atoms with E-state index in [1.165, 1.54) is 5.56 Å². The number of rotatable bonds is 10. The maximum absolute atomic E-state index is 12.3. The second-order valence-electron chi connectivity index (χ2n) is 8.45. The zero-order valence-corrected chi connectivity index (χ0v) is 20.9. The number of carbonyl (C=O) groups excluding carboxylic acids is 1. The number of nitrogens with zero attached hydrogens (tertiary/aromatic N) is 1. The van der Waals surface area contributed by atoms with E-state index in [2.05, 4.69) is 26.1 Å². The van der Waals surface area contributed by atoms with Gasteiger partial charge < -0.3 is 5.32 Å². The van der Waals surface area contributed by atoms with Gasteiger partial charge in [0.1, 0.15) is 6.54 Å². The Labute approximate surface area is 195 Å². The third-order valence-electron chi connectivity index (χ3n) is 4.68. The number of sulfonamides is 1. The molecular formula is C23H31ClN2O3S2. The number of anilines is 1. The minimum Gasteiger partial charge on any atom is -0.354 e. The van der Waals surface area contributed by atoms with Gasteiger partial charge in [0.05, 0.1) is 11.9 Å². The molecule has 0 radical (unpaired) electrons. The first-order valence-electron chi connectivity index (χ1n) is 10.1. The van der Waals surface area contributed by atoms with Crippen LogP contribution in [0, 0.1) is 0 Å². The summed E-state index contributed by atoms with van der Waals surface area (Å²) in [5, 5.41) is 3.55. The van der Waals surface area contributed by atoms with Crippen molar-refractivity contribution in [1.82, 2.24) is 5.32 Å². The van der Waals surface area contributed by atoms with E-state index in [9.17, 15) is 13.2 Å². The first-order chi connectivity index (χ1) is 14.5. The first-order valence-corrected chi connectivity index (χ1v) is 13.5. The Balaban J connectivity index is 1.81. The van der Waals surface area contributed by atoms with Crippen molar-refractivity contribution in [3.63, 3.8) is 0 Å². The van der Waals surface area contributed by atoms with Crippen LogP contribution in [0.2, 0.25) is 5.02 Å². The second kappa shape index (κ2) is 11.2. The van der Waals surface area contributed by atoms with Crippen molar-refractivity contribution in [3.05, 3.63) is 64.7 Å². The Kier molecular flexibility index (Phi) is 9.28. The average Bonchev–Trinajstić information content (AvgIpc) is 2.69. The van der Waals surface area contributed by atoms with Crippen LogP contribution in [0.1, 0.15) is 38.3 Å². The maximum Gasteiger partial charge on any atom is 0.240 e. The van der Waals surface area contributed by atoms with Crippen LogP contribution >= 0.6 is 23.4 Å². The van der Waals surface area contributed by atoms with Crippen molar-refractivity contribution in [2.45, 2.75) is 38.4 Å². The second-order valence-corrected chi connectivity index (χ2v) is 11.9. The molecule has 0 unspecified atom stereocenters. The van der Waals surface area contributed by atoms with Gasteiger partial charge in [-0.05, 0) is 53.0 Å². The summed E-state index contributed by atoms with van der Waals surface area (Å²) in [5.41, 5.74) is 2.77. The van der Waals surface area contributed by atoms with E-state index in [0.29, 0.717) is 12.2 Å². The highest BCUT2D eigenvalue weighted by Crippen LogP contribution is 2.25. The summed E-state index contributed by atoms with van der Waals surface area (Å²) in [6.45, 7) is 6.56. The number of hydrogen-bond acceptors (Lipinski definition) is 4. The first kappa shape index (κ1) is 25.6. The Morgan fingerprint density at radius 3 is 2.23 bits per heavy atom. The third kappa shape index (κ3) is 8.75. The van der Waals surface area contributed by atoms with Gasteiger partial charge in [-0.25, -0.2) is 8.42 Å². The predicted molar refractivity (Wildman–Crippen MR) is 133 cm³/mol. The number of thioether (sulfide) groups is 1. The van der Waals surface area contributed by atoms with Gasteiger partial charge in [-0.2, -0.15) is 11.8 Å². The van der Waals surface area contributed by atoms with Crippen LogP contribution in [0.3, 0.4) is 0 Å². The quantitative estimate of drug-likeness (QED) is 0.492. The van der Waals surface area contributed by atoms with Crippen molar-refractivity contribution in [3.8, 4) is 0 Å². The van der Waals surface area contributed by atoms with Crippen molar-refractivity contribution < 1.29 is 13.2 Å². The Bertz CT molecular complexity index is 954. The highest BCUT2D eigenvalue weighted by atomic mass is 35.5. The van der Waals surface area contributed by atoms with Gasteiger partial charge in [-0.1, -0.05) is 56.6 Å². The molecule has 5 nitrogen and oxygen atoms in total. The lowest BCUT2D eigenvalue weighted by Crippen LogP contribution is -2.40. The van der Waals surface area contributed by atoms with Crippen molar-refractivity contribution in [1.29, 1.82) is 0 Å². The molecule has 170 valence electrons. The molecule has 1 N–H and O–H groups in total. The van der Waals surface area contributed by atoms with E-state index in [-0.39, 0.29) is 17.9 Å². The van der Waals surface area contributed by atoms with Crippen LogP contribution in [0.4, 0.5) is 5.69 Å². The highest BCUT2D eigenvalue weighted by molar-refractivity contribution is 7.98. The zero-order valence-electron chi connectivity index (χ0n) is 18.5. The molecule has 0 fully saturated rings. The number of carbonyl (C=O) groups is 1. The van der Waals surface area contributed by atoms with Crippen LogP contribution < -0.4 is 9.62 Å². The topological polar surface area (TPSA) is 66.5 Å². The number of hydrogen-bond donors (Lipinski definition) is 1. The minimum absolute atomic E-state index is 0.0304. The van der Waals surface area contributed by atoms with E-state index >= 15 is 0 Å². The molecule has 2 aromatic rings. The lowest BCUT2D eigenvalue weighted by Gasteiger charge is -2.24. The smallest absolute Gasteiger partial charge is 0.240 e. The fraction of sp³-hybridized carbons (Fsp3) is 0.435. The number of benzene rings is 2. The van der Waals surface area contributed by atoms with Crippen molar-refractivity contribution in [2.24, 2.45) is 0 Å². The van der Waals surface area contributed by atoms with E-state index in [1.807, 2.05) is 36.4 Å². The molecule has 0 saturated carbocycles. The summed E-state index contributed by atoms with van der Waals surface area (Å²) >= 11 is 7.67. The monoisotopic (exact) mass is 482 g/mol. The van der Waals surface area contributed by atoms with Crippen molar-refractivity contribution >= 4 is 45.0 Å². The van der Waals surface area contributed by atoms with Crippen LogP contribution in [-0.4, -0.2) is 39.4 Å². The van der Waals surface area contributed by atoms with Gasteiger partial charge in [-0.15, -0.1) is 0 Å². The van der Waals surface area contributed by atoms with Crippen LogP contribution in [0.15, 0.2) is 48.5 Å². The van der Waals surface area contributed by atoms with Crippen LogP contribution in [0.25, 0.3) is 0 Å². The molecule has 0 aliphatic rings. The molecule has 2 rings (SSSR count). The Morgan fingerprint density at radius 2 is 1.68 bits per heavy atom. The van der Waals surface area contributed by atoms with E-state index in [0.717, 1.165) is 39.1 Å². The molecule has 0 heterocycles. The highest BCUT2D eigenvalue weighted by Gasteiger charge is 2.21. The molecule has 31 heavy (non-hydrogen) atoms. The molecule has 8 heteroatoms. The molecule has 0 spiro atoms. The van der Waals surface area contributed by atoms with E-state index in [4.69, 9.17) is 11.6 Å². The lowest BCUT2D eigenvalue weighted by molar-refractivity contribution is -0.119. The summed E-state index contributed by atoms with van der Waals surface area (Å²) < 4.78 is 25.7. The molecule has 0 atom stereocenters. The third-order valence-corrected chi connectivity index (χ3v) is 7.19. The standard InChI is InChI=1S/C23H31ClN2O3S2/c1-23(2,3)19-8-12-21(13-9-19)26(31(4,28)29)16-22(27)25-14-5-15-30-17-18-6-10-20(24)11-7-18/h6-13H,5,14-17H2,1-4H3,(H,25,27). The van der Waals surface area contributed by atoms with E-state index in [1.54, 1.807) is 23.9 Å². The lowest BCUT2D eigenvalue weighted by atomic mass is 9.87. The predicted octanol–water partition coefficient (Wildman–Crippen LogP) is 4.84. The maximum atomic E-state index is 12.3. The number of halogens is 1. The van der Waals surface area contributed by atoms with E-state index < -0.39 is 10.0 Å². The zero-order chi connectivity index (χ0) is 23.1. The minimum atomic E-state index is -3.58. The van der Waals surface area contributed by atoms with Crippen LogP contribution in [-0.2, 0) is 26.0 Å². The Hall–Kier alpha value is -1.70. The summed E-state index contributed by atoms with van der Waals surface area (Å²) in [7, 11) is -3.58. The van der Waals surface area contributed by atoms with Gasteiger partial charge in [0.2, 0.25) is 15.9 Å². The molecule has 2 aromatic carbocycles. The fourth-order valence-electron chi connectivity index (χ4n) is 2.89. The molecule has 0 bridgehead atoms. The normalized spacial score (nSPS) is 11.9. The molecule has 0 aliphatic carbocycles. The summed E-state index contributed by atoms with van der Waals surface area (Å²) in [6, 6.07) is 15.1. The SMILES string of the molecule is CC(C)(C)c1ccc(N(CC(=O)NCCCSCc2ccc(Cl)cc2)S(C)(=O)=O)cc1. The molecular weight excluding hydrogens is 452 g/mol. The number of amides is 1. The molecule has 0 aliphatic heterocycles. The fourth-order valence-corrected chi connectivity index (χ4v) is 4.79. The van der Waals surface area contributed by atoms with Gasteiger partial charge in [0.25, 0.3) is 0 Å². The van der Waals surface area contributed by atoms with Gasteiger partial charge in [-0.3, -0.25) is 9.10 Å². The summed E-state index contributed by atoms with van der Waals surface area (Å²) in [5.74, 6) is 1.47. The summed E-state index contributed by atoms with van der Waals surface area (Å²) in [6.07, 6.45) is 1.93. The molecule has 0 aromatic heterocycles. The molecule has 1 amide bonds. The van der Waals surface area contributed by atoms with Crippen molar-refractivity contribution in [2.75, 3.05) is 29.4 Å². The van der Waals surface area contributed by atoms with Gasteiger partial charge in [0, 0.05) is 17.3 Å². The number of nitrogens with one attached hydrogen (secondary N) is 1. The van der Waals surface area contributed by atoms with Gasteiger partial charge >= 0.3 is 0 Å². The average molecular weight is 483 g/mol. The van der Waals surface area contributed by atoms with Gasteiger partial charge in [0.15, 0.2) is 0 Å². The summed E-state index contributed by atoms with van der Waals surface area (Å²) in [4.78, 5) is 12.3.